The lowest BCUT2D eigenvalue weighted by Gasteiger charge is -2.12. The van der Waals surface area contributed by atoms with Crippen molar-refractivity contribution in [3.05, 3.63) is 34.6 Å². The monoisotopic (exact) mass is 353 g/mol. The molecule has 0 spiro atoms. The molecule has 1 heterocycles. The molecular formula is C13H16BrN5O2. The summed E-state index contributed by atoms with van der Waals surface area (Å²) in [6, 6.07) is 7.34. The molecule has 21 heavy (non-hydrogen) atoms. The van der Waals surface area contributed by atoms with Gasteiger partial charge < -0.3 is 20.2 Å². The van der Waals surface area contributed by atoms with Crippen molar-refractivity contribution in [2.24, 2.45) is 5.84 Å². The van der Waals surface area contributed by atoms with Gasteiger partial charge in [0.25, 0.3) is 0 Å². The van der Waals surface area contributed by atoms with Gasteiger partial charge in [0.15, 0.2) is 5.82 Å². The van der Waals surface area contributed by atoms with E-state index in [1.54, 1.807) is 20.3 Å². The largest absolute Gasteiger partial charge is 0.495 e. The number of aromatic nitrogens is 2. The third-order valence-electron chi connectivity index (χ3n) is 2.62. The Bertz CT molecular complexity index is 624. The van der Waals surface area contributed by atoms with Crippen molar-refractivity contribution in [3.63, 3.8) is 0 Å². The first kappa shape index (κ1) is 15.5. The second kappa shape index (κ2) is 7.21. The van der Waals surface area contributed by atoms with E-state index in [4.69, 9.17) is 15.3 Å². The van der Waals surface area contributed by atoms with Crippen LogP contribution >= 0.6 is 15.9 Å². The van der Waals surface area contributed by atoms with Gasteiger partial charge in [0.2, 0.25) is 0 Å². The number of hydrazine groups is 1. The second-order valence-electron chi connectivity index (χ2n) is 4.10. The molecule has 0 amide bonds. The number of nitrogens with one attached hydrogen (secondary N) is 2. The van der Waals surface area contributed by atoms with Gasteiger partial charge in [0.1, 0.15) is 24.0 Å². The van der Waals surface area contributed by atoms with Crippen LogP contribution in [0.4, 0.5) is 17.3 Å². The van der Waals surface area contributed by atoms with Crippen LogP contribution in [-0.2, 0) is 11.3 Å². The Morgan fingerprint density at radius 2 is 1.95 bits per heavy atom. The summed E-state index contributed by atoms with van der Waals surface area (Å²) in [4.78, 5) is 8.55. The van der Waals surface area contributed by atoms with Crippen molar-refractivity contribution in [1.29, 1.82) is 0 Å². The first-order valence-electron chi connectivity index (χ1n) is 6.10. The lowest BCUT2D eigenvalue weighted by Crippen LogP contribution is -2.12. The molecule has 2 aromatic rings. The number of anilines is 3. The van der Waals surface area contributed by atoms with Crippen molar-refractivity contribution >= 4 is 33.3 Å². The number of hydrogen-bond donors (Lipinski definition) is 3. The maximum Gasteiger partial charge on any atom is 0.158 e. The van der Waals surface area contributed by atoms with E-state index in [0.717, 1.165) is 10.2 Å². The minimum Gasteiger partial charge on any atom is -0.495 e. The van der Waals surface area contributed by atoms with E-state index in [1.807, 2.05) is 18.2 Å². The van der Waals surface area contributed by atoms with E-state index in [0.29, 0.717) is 29.8 Å². The van der Waals surface area contributed by atoms with E-state index >= 15 is 0 Å². The molecule has 1 aromatic heterocycles. The third kappa shape index (κ3) is 4.03. The maximum absolute atomic E-state index is 5.42. The van der Waals surface area contributed by atoms with Gasteiger partial charge >= 0.3 is 0 Å². The molecule has 0 aliphatic carbocycles. The van der Waals surface area contributed by atoms with Crippen LogP contribution in [0.5, 0.6) is 5.75 Å². The average Bonchev–Trinajstić information content (AvgIpc) is 2.47. The average molecular weight is 354 g/mol. The highest BCUT2D eigenvalue weighted by molar-refractivity contribution is 9.10. The standard InChI is InChI=1S/C13H16BrN5O2/c1-20-7-13-17-11(6-12(18-13)19-15)16-9-5-8(14)3-4-10(9)21-2/h3-6H,7,15H2,1-2H3,(H2,16,17,18,19). The highest BCUT2D eigenvalue weighted by atomic mass is 79.9. The molecule has 0 aliphatic heterocycles. The summed E-state index contributed by atoms with van der Waals surface area (Å²) in [6.45, 7) is 0.291. The molecular weight excluding hydrogens is 338 g/mol. The minimum absolute atomic E-state index is 0.291. The fourth-order valence-electron chi connectivity index (χ4n) is 1.74. The smallest absolute Gasteiger partial charge is 0.158 e. The summed E-state index contributed by atoms with van der Waals surface area (Å²) >= 11 is 3.43. The number of nitrogens with two attached hydrogens (primary N) is 1. The first-order chi connectivity index (χ1) is 10.2. The van der Waals surface area contributed by atoms with Crippen LogP contribution < -0.4 is 21.3 Å². The quantitative estimate of drug-likeness (QED) is 0.542. The van der Waals surface area contributed by atoms with Gasteiger partial charge in [-0.25, -0.2) is 15.8 Å². The van der Waals surface area contributed by atoms with Crippen LogP contribution in [0.1, 0.15) is 5.82 Å². The first-order valence-corrected chi connectivity index (χ1v) is 6.89. The van der Waals surface area contributed by atoms with Crippen molar-refractivity contribution < 1.29 is 9.47 Å². The maximum atomic E-state index is 5.42. The van der Waals surface area contributed by atoms with Crippen LogP contribution in [-0.4, -0.2) is 24.2 Å². The predicted molar refractivity (Wildman–Crippen MR) is 84.5 cm³/mol. The van der Waals surface area contributed by atoms with Crippen LogP contribution in [0.3, 0.4) is 0 Å². The Kier molecular flexibility index (Phi) is 5.32. The molecule has 0 bridgehead atoms. The van der Waals surface area contributed by atoms with E-state index < -0.39 is 0 Å². The SMILES string of the molecule is COCc1nc(NN)cc(Nc2cc(Br)ccc2OC)n1. The highest BCUT2D eigenvalue weighted by Crippen LogP contribution is 2.30. The Morgan fingerprint density at radius 1 is 1.19 bits per heavy atom. The number of benzene rings is 1. The third-order valence-corrected chi connectivity index (χ3v) is 3.11. The molecule has 2 rings (SSSR count). The zero-order valence-corrected chi connectivity index (χ0v) is 13.3. The van der Waals surface area contributed by atoms with E-state index in [9.17, 15) is 0 Å². The van der Waals surface area contributed by atoms with Gasteiger partial charge in [-0.2, -0.15) is 0 Å². The number of nitrogen functional groups attached to an aromatic ring is 1. The molecule has 0 unspecified atom stereocenters. The molecule has 0 aliphatic rings. The number of ether oxygens (including phenoxy) is 2. The lowest BCUT2D eigenvalue weighted by atomic mass is 10.3. The Labute approximate surface area is 131 Å². The van der Waals surface area contributed by atoms with Crippen molar-refractivity contribution in [2.45, 2.75) is 6.61 Å². The molecule has 0 saturated heterocycles. The molecule has 4 N–H and O–H groups in total. The molecule has 8 heteroatoms. The van der Waals surface area contributed by atoms with Crippen LogP contribution in [0.25, 0.3) is 0 Å². The Morgan fingerprint density at radius 3 is 2.62 bits per heavy atom. The fraction of sp³-hybridized carbons (Fsp3) is 0.231. The Balaban J connectivity index is 2.34. The zero-order valence-electron chi connectivity index (χ0n) is 11.7. The zero-order chi connectivity index (χ0) is 15.2. The molecule has 0 fully saturated rings. The summed E-state index contributed by atoms with van der Waals surface area (Å²) in [5.41, 5.74) is 3.28. The van der Waals surface area contributed by atoms with Crippen LogP contribution in [0.2, 0.25) is 0 Å². The van der Waals surface area contributed by atoms with Crippen LogP contribution in [0, 0.1) is 0 Å². The minimum atomic E-state index is 0.291. The summed E-state index contributed by atoms with van der Waals surface area (Å²) in [5.74, 6) is 7.71. The van der Waals surface area contributed by atoms with E-state index in [1.165, 1.54) is 0 Å². The molecule has 1 aromatic carbocycles. The fourth-order valence-corrected chi connectivity index (χ4v) is 2.11. The van der Waals surface area contributed by atoms with Gasteiger partial charge in [0.05, 0.1) is 12.8 Å². The van der Waals surface area contributed by atoms with E-state index in [2.05, 4.69) is 36.6 Å². The predicted octanol–water partition coefficient (Wildman–Crippen LogP) is 2.42. The number of methoxy groups -OCH3 is 2. The van der Waals surface area contributed by atoms with Gasteiger partial charge in [0, 0.05) is 17.6 Å². The summed E-state index contributed by atoms with van der Waals surface area (Å²) in [7, 11) is 3.19. The summed E-state index contributed by atoms with van der Waals surface area (Å²) < 4.78 is 11.3. The van der Waals surface area contributed by atoms with Gasteiger partial charge in [-0.1, -0.05) is 15.9 Å². The molecule has 0 radical (unpaired) electrons. The number of nitrogens with zero attached hydrogens (tertiary/aromatic N) is 2. The van der Waals surface area contributed by atoms with Gasteiger partial charge in [-0.05, 0) is 18.2 Å². The molecule has 7 nitrogen and oxygen atoms in total. The van der Waals surface area contributed by atoms with Crippen LogP contribution in [0.15, 0.2) is 28.7 Å². The number of rotatable bonds is 6. The van der Waals surface area contributed by atoms with Crippen molar-refractivity contribution in [1.82, 2.24) is 9.97 Å². The Hall–Kier alpha value is -1.90. The summed E-state index contributed by atoms with van der Waals surface area (Å²) in [6.07, 6.45) is 0. The topological polar surface area (TPSA) is 94.3 Å². The molecule has 0 atom stereocenters. The number of hydrogen-bond acceptors (Lipinski definition) is 7. The lowest BCUT2D eigenvalue weighted by molar-refractivity contribution is 0.178. The van der Waals surface area contributed by atoms with Crippen molar-refractivity contribution in [2.75, 3.05) is 25.0 Å². The number of halogens is 1. The van der Waals surface area contributed by atoms with E-state index in [-0.39, 0.29) is 0 Å². The van der Waals surface area contributed by atoms with Crippen molar-refractivity contribution in [3.8, 4) is 5.75 Å². The van der Waals surface area contributed by atoms with Gasteiger partial charge in [-0.3, -0.25) is 0 Å². The highest BCUT2D eigenvalue weighted by Gasteiger charge is 2.08. The molecule has 0 saturated carbocycles. The normalized spacial score (nSPS) is 10.3. The molecule has 112 valence electrons. The second-order valence-corrected chi connectivity index (χ2v) is 5.02. The summed E-state index contributed by atoms with van der Waals surface area (Å²) in [5, 5.41) is 3.18. The van der Waals surface area contributed by atoms with Gasteiger partial charge in [-0.15, -0.1) is 0 Å².